The largest absolute Gasteiger partial charge is 0.383 e. The number of aliphatic hydroxyl groups is 1. The number of anilines is 1. The third-order valence-electron chi connectivity index (χ3n) is 5.29. The molecule has 0 aromatic heterocycles. The summed E-state index contributed by atoms with van der Waals surface area (Å²) in [6.45, 7) is 6.30. The number of carbonyl (C=O) groups excluding carboxylic acids is 1. The van der Waals surface area contributed by atoms with Gasteiger partial charge in [-0.2, -0.15) is 0 Å². The number of rotatable bonds is 6. The van der Waals surface area contributed by atoms with Gasteiger partial charge in [-0.05, 0) is 35.6 Å². The van der Waals surface area contributed by atoms with E-state index >= 15 is 0 Å². The molecule has 1 heterocycles. The number of benzene rings is 2. The van der Waals surface area contributed by atoms with Crippen molar-refractivity contribution in [2.24, 2.45) is 5.92 Å². The van der Waals surface area contributed by atoms with Crippen LogP contribution in [0.1, 0.15) is 32.3 Å². The molecule has 1 atom stereocenters. The Kier molecular flexibility index (Phi) is 6.85. The maximum atomic E-state index is 13.4. The van der Waals surface area contributed by atoms with Crippen molar-refractivity contribution in [1.29, 1.82) is 0 Å². The van der Waals surface area contributed by atoms with Gasteiger partial charge in [0.05, 0.1) is 0 Å². The van der Waals surface area contributed by atoms with Gasteiger partial charge in [0.25, 0.3) is 12.3 Å². The van der Waals surface area contributed by atoms with E-state index in [0.717, 1.165) is 11.3 Å². The average molecular weight is 402 g/mol. The molecule has 4 nitrogen and oxygen atoms in total. The normalized spacial score (nSPS) is 15.8. The molecule has 1 N–H and O–H groups in total. The summed E-state index contributed by atoms with van der Waals surface area (Å²) in [6.07, 6.45) is -3.01. The van der Waals surface area contributed by atoms with Crippen LogP contribution in [0.25, 0.3) is 11.1 Å². The van der Waals surface area contributed by atoms with Crippen LogP contribution in [-0.2, 0) is 4.79 Å². The summed E-state index contributed by atoms with van der Waals surface area (Å²) in [5.41, 5.74) is 2.26. The van der Waals surface area contributed by atoms with Gasteiger partial charge in [-0.3, -0.25) is 4.79 Å². The van der Waals surface area contributed by atoms with Crippen LogP contribution in [0, 0.1) is 5.92 Å². The summed E-state index contributed by atoms with van der Waals surface area (Å²) in [6, 6.07) is 14.2. The van der Waals surface area contributed by atoms with Crippen LogP contribution < -0.4 is 4.90 Å². The number of piperazine rings is 1. The zero-order valence-electron chi connectivity index (χ0n) is 16.9. The Morgan fingerprint density at radius 1 is 1.03 bits per heavy atom. The fraction of sp³-hybridized carbons (Fsp3) is 0.435. The predicted octanol–water partition coefficient (Wildman–Crippen LogP) is 4.35. The Hall–Kier alpha value is -2.47. The summed E-state index contributed by atoms with van der Waals surface area (Å²) in [5.74, 6) is 0.0482. The van der Waals surface area contributed by atoms with E-state index in [-0.39, 0.29) is 17.4 Å². The first kappa shape index (κ1) is 21.2. The predicted molar refractivity (Wildman–Crippen MR) is 111 cm³/mol. The summed E-state index contributed by atoms with van der Waals surface area (Å²) < 4.78 is 26.7. The van der Waals surface area contributed by atoms with Crippen LogP contribution in [0.2, 0.25) is 0 Å². The summed E-state index contributed by atoms with van der Waals surface area (Å²) in [5, 5.41) is 10.1. The van der Waals surface area contributed by atoms with E-state index in [4.69, 9.17) is 0 Å². The number of alkyl halides is 2. The van der Waals surface area contributed by atoms with Gasteiger partial charge in [0.2, 0.25) is 0 Å². The van der Waals surface area contributed by atoms with Gasteiger partial charge in [0.15, 0.2) is 0 Å². The molecule has 29 heavy (non-hydrogen) atoms. The molecule has 1 aliphatic rings. The highest BCUT2D eigenvalue weighted by molar-refractivity contribution is 5.81. The van der Waals surface area contributed by atoms with E-state index in [9.17, 15) is 18.7 Å². The fourth-order valence-corrected chi connectivity index (χ4v) is 3.76. The maximum Gasteiger partial charge on any atom is 0.264 e. The van der Waals surface area contributed by atoms with E-state index in [0.29, 0.717) is 38.2 Å². The van der Waals surface area contributed by atoms with E-state index in [1.54, 1.807) is 23.1 Å². The molecule has 1 amide bonds. The van der Waals surface area contributed by atoms with Gasteiger partial charge >= 0.3 is 0 Å². The van der Waals surface area contributed by atoms with Crippen LogP contribution >= 0.6 is 0 Å². The van der Waals surface area contributed by atoms with E-state index in [1.807, 2.05) is 38.1 Å². The maximum absolute atomic E-state index is 13.4. The van der Waals surface area contributed by atoms with Crippen molar-refractivity contribution < 1.29 is 18.7 Å². The molecule has 1 aliphatic heterocycles. The standard InChI is InChI=1S/C23H28F2N2O2/c1-16(2)14-21(28)23(29)27-12-10-26(11-13-27)18-7-5-6-17(15-18)19-8-3-4-9-20(19)22(24)25/h3-9,15-16,21-22,28H,10-14H2,1-2H3. The smallest absolute Gasteiger partial charge is 0.264 e. The second kappa shape index (κ2) is 9.35. The zero-order valence-corrected chi connectivity index (χ0v) is 16.9. The van der Waals surface area contributed by atoms with Crippen molar-refractivity contribution in [1.82, 2.24) is 4.90 Å². The Morgan fingerprint density at radius 2 is 1.72 bits per heavy atom. The van der Waals surface area contributed by atoms with Crippen molar-refractivity contribution in [2.45, 2.75) is 32.8 Å². The van der Waals surface area contributed by atoms with Crippen LogP contribution in [-0.4, -0.2) is 48.2 Å². The fourth-order valence-electron chi connectivity index (χ4n) is 3.76. The SMILES string of the molecule is CC(C)CC(O)C(=O)N1CCN(c2cccc(-c3ccccc3C(F)F)c2)CC1. The summed E-state index contributed by atoms with van der Waals surface area (Å²) in [7, 11) is 0. The Labute approximate surface area is 170 Å². The van der Waals surface area contributed by atoms with Crippen LogP contribution in [0.15, 0.2) is 48.5 Å². The molecule has 2 aromatic carbocycles. The van der Waals surface area contributed by atoms with Crippen LogP contribution in [0.5, 0.6) is 0 Å². The van der Waals surface area contributed by atoms with Crippen molar-refractivity contribution in [2.75, 3.05) is 31.1 Å². The van der Waals surface area contributed by atoms with Crippen molar-refractivity contribution >= 4 is 11.6 Å². The van der Waals surface area contributed by atoms with Crippen LogP contribution in [0.3, 0.4) is 0 Å². The summed E-state index contributed by atoms with van der Waals surface area (Å²) in [4.78, 5) is 16.3. The first-order valence-corrected chi connectivity index (χ1v) is 10.1. The van der Waals surface area contributed by atoms with Gasteiger partial charge in [-0.25, -0.2) is 8.78 Å². The lowest BCUT2D eigenvalue weighted by Gasteiger charge is -2.37. The number of hydrogen-bond donors (Lipinski definition) is 1. The first-order valence-electron chi connectivity index (χ1n) is 10.1. The minimum atomic E-state index is -2.53. The highest BCUT2D eigenvalue weighted by Crippen LogP contribution is 2.33. The molecule has 0 saturated carbocycles. The van der Waals surface area contributed by atoms with Gasteiger partial charge < -0.3 is 14.9 Å². The molecule has 1 unspecified atom stereocenters. The number of hydrogen-bond acceptors (Lipinski definition) is 3. The van der Waals surface area contributed by atoms with Crippen molar-refractivity contribution in [3.8, 4) is 11.1 Å². The lowest BCUT2D eigenvalue weighted by molar-refractivity contribution is -0.141. The van der Waals surface area contributed by atoms with Gasteiger partial charge in [-0.15, -0.1) is 0 Å². The molecule has 6 heteroatoms. The van der Waals surface area contributed by atoms with Gasteiger partial charge in [-0.1, -0.05) is 50.2 Å². The average Bonchev–Trinajstić information content (AvgIpc) is 2.73. The number of nitrogens with zero attached hydrogens (tertiary/aromatic N) is 2. The minimum absolute atomic E-state index is 0.0270. The monoisotopic (exact) mass is 402 g/mol. The molecule has 0 spiro atoms. The third kappa shape index (κ3) is 5.12. The van der Waals surface area contributed by atoms with E-state index < -0.39 is 12.5 Å². The number of aliphatic hydroxyl groups excluding tert-OH is 1. The van der Waals surface area contributed by atoms with Gasteiger partial charge in [0.1, 0.15) is 6.10 Å². The highest BCUT2D eigenvalue weighted by Gasteiger charge is 2.26. The molecule has 0 bridgehead atoms. The molecule has 0 aliphatic carbocycles. The van der Waals surface area contributed by atoms with Gasteiger partial charge in [0, 0.05) is 37.4 Å². The molecular weight excluding hydrogens is 374 g/mol. The molecular formula is C23H28F2N2O2. The quantitative estimate of drug-likeness (QED) is 0.781. The van der Waals surface area contributed by atoms with Crippen LogP contribution in [0.4, 0.5) is 14.5 Å². The molecule has 3 rings (SSSR count). The number of carbonyl (C=O) groups is 1. The Morgan fingerprint density at radius 3 is 2.38 bits per heavy atom. The summed E-state index contributed by atoms with van der Waals surface area (Å²) >= 11 is 0. The molecule has 1 fully saturated rings. The minimum Gasteiger partial charge on any atom is -0.383 e. The first-order chi connectivity index (χ1) is 13.9. The second-order valence-corrected chi connectivity index (χ2v) is 7.90. The molecule has 156 valence electrons. The van der Waals surface area contributed by atoms with Crippen molar-refractivity contribution in [3.05, 3.63) is 54.1 Å². The second-order valence-electron chi connectivity index (χ2n) is 7.90. The van der Waals surface area contributed by atoms with Crippen molar-refractivity contribution in [3.63, 3.8) is 0 Å². The molecule has 2 aromatic rings. The third-order valence-corrected chi connectivity index (χ3v) is 5.29. The highest BCUT2D eigenvalue weighted by atomic mass is 19.3. The Bertz CT molecular complexity index is 833. The molecule has 0 radical (unpaired) electrons. The Balaban J connectivity index is 1.70. The topological polar surface area (TPSA) is 43.8 Å². The van der Waals surface area contributed by atoms with E-state index in [2.05, 4.69) is 4.90 Å². The lowest BCUT2D eigenvalue weighted by Crippen LogP contribution is -2.51. The number of amides is 1. The molecule has 1 saturated heterocycles. The zero-order chi connectivity index (χ0) is 21.0. The lowest BCUT2D eigenvalue weighted by atomic mass is 9.99. The number of halogens is 2. The van der Waals surface area contributed by atoms with E-state index in [1.165, 1.54) is 6.07 Å².